The SMILES string of the molecule is c1cc[n+](CCOc2ccc(N=Nc3ccc(OCC[n+]4ccccc4)cc3)cc2)cc1. The normalized spacial score (nSPS) is 10.9. The van der Waals surface area contributed by atoms with Gasteiger partial charge < -0.3 is 9.47 Å². The van der Waals surface area contributed by atoms with Gasteiger partial charge in [-0.15, -0.1) is 0 Å². The van der Waals surface area contributed by atoms with Crippen molar-refractivity contribution >= 4 is 11.4 Å². The Kier molecular flexibility index (Phi) is 7.52. The topological polar surface area (TPSA) is 50.9 Å². The average Bonchev–Trinajstić information content (AvgIpc) is 2.86. The smallest absolute Gasteiger partial charge is 0.182 e. The highest BCUT2D eigenvalue weighted by Crippen LogP contribution is 2.23. The zero-order valence-electron chi connectivity index (χ0n) is 17.8. The number of pyridine rings is 2. The van der Waals surface area contributed by atoms with Crippen LogP contribution in [0.5, 0.6) is 11.5 Å². The second-order valence-electron chi connectivity index (χ2n) is 7.11. The van der Waals surface area contributed by atoms with Gasteiger partial charge in [0, 0.05) is 24.3 Å². The van der Waals surface area contributed by atoms with Gasteiger partial charge in [-0.1, -0.05) is 12.1 Å². The highest BCUT2D eigenvalue weighted by atomic mass is 16.5. The molecule has 0 spiro atoms. The summed E-state index contributed by atoms with van der Waals surface area (Å²) in [4.78, 5) is 0. The van der Waals surface area contributed by atoms with Crippen molar-refractivity contribution in [3.05, 3.63) is 110 Å². The molecule has 2 aromatic heterocycles. The van der Waals surface area contributed by atoms with E-state index < -0.39 is 0 Å². The van der Waals surface area contributed by atoms with E-state index in [4.69, 9.17) is 9.47 Å². The molecule has 2 heterocycles. The van der Waals surface area contributed by atoms with E-state index in [1.165, 1.54) is 0 Å². The van der Waals surface area contributed by atoms with Gasteiger partial charge in [-0.3, -0.25) is 0 Å². The molecule has 0 atom stereocenters. The molecule has 32 heavy (non-hydrogen) atoms. The van der Waals surface area contributed by atoms with Gasteiger partial charge in [-0.2, -0.15) is 10.2 Å². The number of hydrogen-bond acceptors (Lipinski definition) is 4. The van der Waals surface area contributed by atoms with Crippen LogP contribution < -0.4 is 18.6 Å². The predicted octanol–water partition coefficient (Wildman–Crippen LogP) is 4.84. The molecule has 0 aliphatic rings. The second kappa shape index (κ2) is 11.4. The van der Waals surface area contributed by atoms with Gasteiger partial charge in [0.15, 0.2) is 37.9 Å². The standard InChI is InChI=1S/C26H26N4O2/c1-3-15-29(16-4-1)19-21-31-25-11-7-23(8-12-25)27-28-24-9-13-26(14-10-24)32-22-20-30-17-5-2-6-18-30/h1-18H,19-22H2/q+2. The molecule has 0 aliphatic carbocycles. The fourth-order valence-corrected chi connectivity index (χ4v) is 3.04. The monoisotopic (exact) mass is 426 g/mol. The minimum atomic E-state index is 0.605. The fourth-order valence-electron chi connectivity index (χ4n) is 3.04. The lowest BCUT2D eigenvalue weighted by Crippen LogP contribution is -2.35. The van der Waals surface area contributed by atoms with Gasteiger partial charge in [0.2, 0.25) is 0 Å². The van der Waals surface area contributed by atoms with Crippen molar-refractivity contribution in [1.82, 2.24) is 0 Å². The van der Waals surface area contributed by atoms with Crippen molar-refractivity contribution < 1.29 is 18.6 Å². The van der Waals surface area contributed by atoms with Crippen LogP contribution in [0.1, 0.15) is 0 Å². The molecule has 0 radical (unpaired) electrons. The third kappa shape index (κ3) is 6.74. The van der Waals surface area contributed by atoms with Crippen molar-refractivity contribution in [3.63, 3.8) is 0 Å². The van der Waals surface area contributed by atoms with E-state index in [9.17, 15) is 0 Å². The highest BCUT2D eigenvalue weighted by molar-refractivity contribution is 5.44. The van der Waals surface area contributed by atoms with Gasteiger partial charge in [-0.25, -0.2) is 9.13 Å². The van der Waals surface area contributed by atoms with Crippen LogP contribution in [0.15, 0.2) is 120 Å². The van der Waals surface area contributed by atoms with Gasteiger partial charge in [0.05, 0.1) is 11.4 Å². The van der Waals surface area contributed by atoms with Gasteiger partial charge in [-0.05, 0) is 48.5 Å². The summed E-state index contributed by atoms with van der Waals surface area (Å²) >= 11 is 0. The molecule has 6 nitrogen and oxygen atoms in total. The number of benzene rings is 2. The van der Waals surface area contributed by atoms with Crippen molar-refractivity contribution in [1.29, 1.82) is 0 Å². The molecular weight excluding hydrogens is 400 g/mol. The lowest BCUT2D eigenvalue weighted by Gasteiger charge is -2.04. The minimum Gasteiger partial charge on any atom is -0.487 e. The number of aromatic nitrogens is 2. The Morgan fingerprint density at radius 3 is 1.25 bits per heavy atom. The van der Waals surface area contributed by atoms with E-state index in [2.05, 4.69) is 19.4 Å². The molecular formula is C26H26N4O2+2. The lowest BCUT2D eigenvalue weighted by molar-refractivity contribution is -0.697. The Hall–Kier alpha value is -4.06. The van der Waals surface area contributed by atoms with Crippen LogP contribution >= 0.6 is 0 Å². The van der Waals surface area contributed by atoms with Crippen LogP contribution in [-0.2, 0) is 13.1 Å². The van der Waals surface area contributed by atoms with E-state index in [0.29, 0.717) is 13.2 Å². The number of azo groups is 1. The Labute approximate surface area is 188 Å². The maximum atomic E-state index is 5.79. The molecule has 4 aromatic rings. The summed E-state index contributed by atoms with van der Waals surface area (Å²) in [6.07, 6.45) is 8.09. The van der Waals surface area contributed by atoms with Crippen LogP contribution in [-0.4, -0.2) is 13.2 Å². The van der Waals surface area contributed by atoms with Crippen LogP contribution in [0.25, 0.3) is 0 Å². The summed E-state index contributed by atoms with van der Waals surface area (Å²) in [5.41, 5.74) is 1.55. The first-order valence-corrected chi connectivity index (χ1v) is 10.6. The van der Waals surface area contributed by atoms with Gasteiger partial charge in [0.1, 0.15) is 24.7 Å². The highest BCUT2D eigenvalue weighted by Gasteiger charge is 2.01. The summed E-state index contributed by atoms with van der Waals surface area (Å²) in [7, 11) is 0. The number of nitrogens with zero attached hydrogens (tertiary/aromatic N) is 4. The minimum absolute atomic E-state index is 0.605. The first-order chi connectivity index (χ1) is 15.8. The van der Waals surface area contributed by atoms with Crippen molar-refractivity contribution in [2.24, 2.45) is 10.2 Å². The molecule has 4 rings (SSSR count). The largest absolute Gasteiger partial charge is 0.487 e. The Morgan fingerprint density at radius 2 is 0.875 bits per heavy atom. The third-order valence-electron chi connectivity index (χ3n) is 4.75. The van der Waals surface area contributed by atoms with Gasteiger partial charge in [0.25, 0.3) is 0 Å². The first kappa shape index (κ1) is 21.2. The summed E-state index contributed by atoms with van der Waals surface area (Å²) in [6.45, 7) is 2.81. The summed E-state index contributed by atoms with van der Waals surface area (Å²) in [5.74, 6) is 1.63. The zero-order chi connectivity index (χ0) is 21.8. The summed E-state index contributed by atoms with van der Waals surface area (Å²) in [6, 6.07) is 27.2. The van der Waals surface area contributed by atoms with Crippen LogP contribution in [0.2, 0.25) is 0 Å². The molecule has 0 fully saturated rings. The third-order valence-corrected chi connectivity index (χ3v) is 4.75. The maximum Gasteiger partial charge on any atom is 0.182 e. The first-order valence-electron chi connectivity index (χ1n) is 10.6. The average molecular weight is 427 g/mol. The van der Waals surface area contributed by atoms with Crippen LogP contribution in [0, 0.1) is 0 Å². The van der Waals surface area contributed by atoms with Crippen molar-refractivity contribution in [2.75, 3.05) is 13.2 Å². The molecule has 2 aromatic carbocycles. The molecule has 0 N–H and O–H groups in total. The lowest BCUT2D eigenvalue weighted by atomic mass is 10.3. The van der Waals surface area contributed by atoms with Crippen LogP contribution in [0.3, 0.4) is 0 Å². The second-order valence-corrected chi connectivity index (χ2v) is 7.11. The molecule has 6 heteroatoms. The molecule has 0 unspecified atom stereocenters. The zero-order valence-corrected chi connectivity index (χ0v) is 17.8. The van der Waals surface area contributed by atoms with Crippen molar-refractivity contribution in [3.8, 4) is 11.5 Å². The van der Waals surface area contributed by atoms with E-state index in [-0.39, 0.29) is 0 Å². The van der Waals surface area contributed by atoms with E-state index in [0.717, 1.165) is 36.0 Å². The Bertz CT molecular complexity index is 1010. The number of ether oxygens (including phenoxy) is 2. The summed E-state index contributed by atoms with van der Waals surface area (Å²) in [5, 5.41) is 8.60. The molecule has 0 bridgehead atoms. The van der Waals surface area contributed by atoms with Gasteiger partial charge >= 0.3 is 0 Å². The van der Waals surface area contributed by atoms with E-state index >= 15 is 0 Å². The fraction of sp³-hybridized carbons (Fsp3) is 0.154. The summed E-state index contributed by atoms with van der Waals surface area (Å²) < 4.78 is 15.8. The molecule has 0 amide bonds. The number of hydrogen-bond donors (Lipinski definition) is 0. The van der Waals surface area contributed by atoms with Crippen molar-refractivity contribution in [2.45, 2.75) is 13.1 Å². The van der Waals surface area contributed by atoms with Crippen LogP contribution in [0.4, 0.5) is 11.4 Å². The quantitative estimate of drug-likeness (QED) is 0.269. The van der Waals surface area contributed by atoms with E-state index in [1.54, 1.807) is 0 Å². The molecule has 0 saturated carbocycles. The number of rotatable bonds is 10. The molecule has 0 aliphatic heterocycles. The molecule has 160 valence electrons. The molecule has 0 saturated heterocycles. The maximum absolute atomic E-state index is 5.79. The Morgan fingerprint density at radius 1 is 0.500 bits per heavy atom. The van der Waals surface area contributed by atoms with E-state index in [1.807, 2.05) is 110 Å². The Balaban J connectivity index is 1.22. The predicted molar refractivity (Wildman–Crippen MR) is 121 cm³/mol.